The lowest BCUT2D eigenvalue weighted by atomic mass is 10.0. The first-order valence-corrected chi connectivity index (χ1v) is 13.1. The number of hydrogen-bond acceptors (Lipinski definition) is 7. The van der Waals surface area contributed by atoms with Crippen LogP contribution in [-0.4, -0.2) is 40.6 Å². The monoisotopic (exact) mass is 547 g/mol. The van der Waals surface area contributed by atoms with Crippen LogP contribution in [0.2, 0.25) is 9.36 Å². The normalized spacial score (nSPS) is 15.9. The molecule has 1 fully saturated rings. The lowest BCUT2D eigenvalue weighted by molar-refractivity contribution is -0.123. The van der Waals surface area contributed by atoms with Gasteiger partial charge in [0.25, 0.3) is 5.91 Å². The fourth-order valence-electron chi connectivity index (χ4n) is 4.50. The molecule has 2 aromatic carbocycles. The van der Waals surface area contributed by atoms with Gasteiger partial charge in [-0.15, -0.1) is 0 Å². The van der Waals surface area contributed by atoms with Crippen LogP contribution in [0.25, 0.3) is 0 Å². The van der Waals surface area contributed by atoms with Gasteiger partial charge in [0.05, 0.1) is 0 Å². The van der Waals surface area contributed by atoms with Crippen molar-refractivity contribution in [2.45, 2.75) is 37.8 Å². The van der Waals surface area contributed by atoms with Crippen LogP contribution in [0, 0.1) is 0 Å². The second-order valence-electron chi connectivity index (χ2n) is 8.61. The molecule has 1 aliphatic heterocycles. The Hall–Kier alpha value is -3.01. The number of amides is 2. The Morgan fingerprint density at radius 1 is 1.06 bits per heavy atom. The summed E-state index contributed by atoms with van der Waals surface area (Å²) in [6.45, 7) is 0.781. The van der Waals surface area contributed by atoms with Crippen molar-refractivity contribution in [1.82, 2.24) is 9.69 Å². The quantitative estimate of drug-likeness (QED) is 0.430. The van der Waals surface area contributed by atoms with Gasteiger partial charge in [-0.1, -0.05) is 48.2 Å². The maximum absolute atomic E-state index is 14.0. The Labute approximate surface area is 221 Å². The number of aromatic hydroxyl groups is 1. The Bertz CT molecular complexity index is 1280. The standard InChI is InChI=1S/C25H23Cl2N3O5S/c26-20-21(29-36-23(20)27)25(33)30(16-7-10-18-19(13-16)35-12-11-34-18)22(14-5-8-17(31)9-6-14)24(32)28-15-3-1-2-4-15/h5-10,13,15,22,31H,1-4,11-12H2,(H,28,32)/t22-/m0/s1. The fraction of sp³-hybridized carbons (Fsp3) is 0.320. The van der Waals surface area contributed by atoms with Crippen LogP contribution in [-0.2, 0) is 4.79 Å². The summed E-state index contributed by atoms with van der Waals surface area (Å²) in [5.41, 5.74) is 0.840. The van der Waals surface area contributed by atoms with Crippen molar-refractivity contribution in [2.24, 2.45) is 0 Å². The van der Waals surface area contributed by atoms with Crippen molar-refractivity contribution in [2.75, 3.05) is 18.1 Å². The third-order valence-corrected chi connectivity index (χ3v) is 7.85. The molecule has 2 amide bonds. The van der Waals surface area contributed by atoms with Crippen LogP contribution in [0.1, 0.15) is 47.8 Å². The molecule has 0 saturated heterocycles. The molecule has 1 aliphatic carbocycles. The van der Waals surface area contributed by atoms with Gasteiger partial charge in [-0.05, 0) is 54.2 Å². The molecular weight excluding hydrogens is 525 g/mol. The predicted molar refractivity (Wildman–Crippen MR) is 138 cm³/mol. The van der Waals surface area contributed by atoms with Gasteiger partial charge in [-0.25, -0.2) is 0 Å². The smallest absolute Gasteiger partial charge is 0.280 e. The van der Waals surface area contributed by atoms with E-state index in [4.69, 9.17) is 32.7 Å². The Balaban J connectivity index is 1.63. The molecule has 11 heteroatoms. The molecule has 3 aromatic rings. The Morgan fingerprint density at radius 3 is 2.42 bits per heavy atom. The SMILES string of the molecule is O=C(NC1CCCC1)[C@H](c1ccc(O)cc1)N(C(=O)c1nsc(Cl)c1Cl)c1ccc2c(c1)OCCO2. The predicted octanol–water partition coefficient (Wildman–Crippen LogP) is 5.37. The van der Waals surface area contributed by atoms with Crippen LogP contribution in [0.4, 0.5) is 5.69 Å². The molecule has 0 spiro atoms. The number of ether oxygens (including phenoxy) is 2. The molecular formula is C25H23Cl2N3O5S. The van der Waals surface area contributed by atoms with E-state index in [1.54, 1.807) is 30.3 Å². The third kappa shape index (κ3) is 4.96. The van der Waals surface area contributed by atoms with Crippen molar-refractivity contribution < 1.29 is 24.2 Å². The van der Waals surface area contributed by atoms with E-state index in [-0.39, 0.29) is 32.8 Å². The molecule has 0 bridgehead atoms. The zero-order chi connectivity index (χ0) is 25.2. The first-order chi connectivity index (χ1) is 17.4. The van der Waals surface area contributed by atoms with Gasteiger partial charge < -0.3 is 19.9 Å². The third-order valence-electron chi connectivity index (χ3n) is 6.24. The van der Waals surface area contributed by atoms with Crippen molar-refractivity contribution in [3.8, 4) is 17.2 Å². The number of rotatable bonds is 6. The molecule has 0 radical (unpaired) electrons. The number of nitrogens with one attached hydrogen (secondary N) is 1. The highest BCUT2D eigenvalue weighted by molar-refractivity contribution is 7.11. The lowest BCUT2D eigenvalue weighted by Gasteiger charge is -2.32. The van der Waals surface area contributed by atoms with Gasteiger partial charge in [0, 0.05) is 17.8 Å². The summed E-state index contributed by atoms with van der Waals surface area (Å²) in [4.78, 5) is 29.1. The van der Waals surface area contributed by atoms with Gasteiger partial charge in [-0.2, -0.15) is 4.37 Å². The first-order valence-electron chi connectivity index (χ1n) is 11.6. The number of carbonyl (C=O) groups excluding carboxylic acids is 2. The van der Waals surface area contributed by atoms with Crippen molar-refractivity contribution in [3.63, 3.8) is 0 Å². The molecule has 1 aromatic heterocycles. The molecule has 8 nitrogen and oxygen atoms in total. The first kappa shape index (κ1) is 24.7. The molecule has 36 heavy (non-hydrogen) atoms. The van der Waals surface area contributed by atoms with Gasteiger partial charge in [-0.3, -0.25) is 14.5 Å². The summed E-state index contributed by atoms with van der Waals surface area (Å²) in [7, 11) is 0. The van der Waals surface area contributed by atoms with Crippen LogP contribution in [0.15, 0.2) is 42.5 Å². The second-order valence-corrected chi connectivity index (χ2v) is 10.4. The molecule has 5 rings (SSSR count). The Morgan fingerprint density at radius 2 is 1.75 bits per heavy atom. The van der Waals surface area contributed by atoms with E-state index in [1.165, 1.54) is 17.0 Å². The molecule has 1 saturated carbocycles. The average Bonchev–Trinajstić information content (AvgIpc) is 3.52. The fourth-order valence-corrected chi connectivity index (χ4v) is 5.48. The van der Waals surface area contributed by atoms with E-state index < -0.39 is 11.9 Å². The highest BCUT2D eigenvalue weighted by Crippen LogP contribution is 2.39. The highest BCUT2D eigenvalue weighted by atomic mass is 35.5. The molecule has 0 unspecified atom stereocenters. The molecule has 2 heterocycles. The number of phenolic OH excluding ortho intramolecular Hbond substituents is 1. The van der Waals surface area contributed by atoms with Gasteiger partial charge in [0.1, 0.15) is 34.4 Å². The minimum Gasteiger partial charge on any atom is -0.508 e. The van der Waals surface area contributed by atoms with Crippen LogP contribution >= 0.6 is 34.7 Å². The van der Waals surface area contributed by atoms with E-state index in [9.17, 15) is 14.7 Å². The van der Waals surface area contributed by atoms with Crippen LogP contribution < -0.4 is 19.7 Å². The van der Waals surface area contributed by atoms with Gasteiger partial charge >= 0.3 is 0 Å². The summed E-state index contributed by atoms with van der Waals surface area (Å²) in [5, 5.41) is 13.0. The van der Waals surface area contributed by atoms with E-state index in [1.807, 2.05) is 0 Å². The number of fused-ring (bicyclic) bond motifs is 1. The molecule has 2 N–H and O–H groups in total. The van der Waals surface area contributed by atoms with Gasteiger partial charge in [0.2, 0.25) is 5.91 Å². The number of halogens is 2. The van der Waals surface area contributed by atoms with Crippen molar-refractivity contribution in [1.29, 1.82) is 0 Å². The lowest BCUT2D eigenvalue weighted by Crippen LogP contribution is -2.46. The number of phenols is 1. The topological polar surface area (TPSA) is 101 Å². The van der Waals surface area contributed by atoms with E-state index in [0.717, 1.165) is 37.2 Å². The molecule has 1 atom stereocenters. The summed E-state index contributed by atoms with van der Waals surface area (Å²) < 4.78 is 15.7. The largest absolute Gasteiger partial charge is 0.508 e. The molecule has 2 aliphatic rings. The van der Waals surface area contributed by atoms with E-state index in [2.05, 4.69) is 9.69 Å². The second kappa shape index (κ2) is 10.5. The maximum atomic E-state index is 14.0. The number of aromatic nitrogens is 1. The van der Waals surface area contributed by atoms with Crippen LogP contribution in [0.3, 0.4) is 0 Å². The minimum atomic E-state index is -1.09. The van der Waals surface area contributed by atoms with Crippen molar-refractivity contribution in [3.05, 3.63) is 63.1 Å². The number of hydrogen-bond donors (Lipinski definition) is 2. The van der Waals surface area contributed by atoms with E-state index in [0.29, 0.717) is 36.0 Å². The number of benzene rings is 2. The number of anilines is 1. The average molecular weight is 548 g/mol. The van der Waals surface area contributed by atoms with E-state index >= 15 is 0 Å². The van der Waals surface area contributed by atoms with Crippen LogP contribution in [0.5, 0.6) is 17.2 Å². The highest BCUT2D eigenvalue weighted by Gasteiger charge is 2.37. The summed E-state index contributed by atoms with van der Waals surface area (Å²) >= 11 is 13.3. The van der Waals surface area contributed by atoms with Gasteiger partial charge in [0.15, 0.2) is 17.2 Å². The number of carbonyl (C=O) groups is 2. The summed E-state index contributed by atoms with van der Waals surface area (Å²) in [6, 6.07) is 10.2. The zero-order valence-corrected chi connectivity index (χ0v) is 21.4. The zero-order valence-electron chi connectivity index (χ0n) is 19.1. The maximum Gasteiger partial charge on any atom is 0.280 e. The number of nitrogens with zero attached hydrogens (tertiary/aromatic N) is 2. The Kier molecular flexibility index (Phi) is 7.22. The minimum absolute atomic E-state index is 0.0200. The van der Waals surface area contributed by atoms with Crippen molar-refractivity contribution >= 4 is 52.2 Å². The summed E-state index contributed by atoms with van der Waals surface area (Å²) in [5.74, 6) is 0.0938. The molecule has 188 valence electrons. The summed E-state index contributed by atoms with van der Waals surface area (Å²) in [6.07, 6.45) is 3.82.